The van der Waals surface area contributed by atoms with Gasteiger partial charge in [0.25, 0.3) is 0 Å². The standard InChI is InChI=1S/C12H25NO2/c1-3-13(8-11-6-5-7-11)9-12(14)10-15-4-2/h11-12,14H,3-10H2,1-2H3. The van der Waals surface area contributed by atoms with Crippen LogP contribution in [0.15, 0.2) is 0 Å². The van der Waals surface area contributed by atoms with Gasteiger partial charge in [-0.25, -0.2) is 0 Å². The first-order valence-electron chi connectivity index (χ1n) is 6.24. The van der Waals surface area contributed by atoms with Gasteiger partial charge >= 0.3 is 0 Å². The zero-order valence-electron chi connectivity index (χ0n) is 10.1. The van der Waals surface area contributed by atoms with Gasteiger partial charge in [0.2, 0.25) is 0 Å². The molecule has 0 aromatic rings. The molecule has 1 atom stereocenters. The van der Waals surface area contributed by atoms with Crippen LogP contribution in [0, 0.1) is 5.92 Å². The van der Waals surface area contributed by atoms with E-state index in [-0.39, 0.29) is 6.10 Å². The summed E-state index contributed by atoms with van der Waals surface area (Å²) < 4.78 is 5.21. The summed E-state index contributed by atoms with van der Waals surface area (Å²) in [5.41, 5.74) is 0. The Balaban J connectivity index is 2.13. The summed E-state index contributed by atoms with van der Waals surface area (Å²) in [5.74, 6) is 0.879. The van der Waals surface area contributed by atoms with Crippen molar-refractivity contribution in [2.24, 2.45) is 5.92 Å². The van der Waals surface area contributed by atoms with Crippen LogP contribution in [0.25, 0.3) is 0 Å². The number of ether oxygens (including phenoxy) is 1. The van der Waals surface area contributed by atoms with Crippen molar-refractivity contribution in [2.75, 3.05) is 32.8 Å². The minimum absolute atomic E-state index is 0.329. The van der Waals surface area contributed by atoms with E-state index in [9.17, 15) is 5.11 Å². The van der Waals surface area contributed by atoms with E-state index in [0.29, 0.717) is 13.2 Å². The first kappa shape index (κ1) is 12.9. The van der Waals surface area contributed by atoms with Crippen molar-refractivity contribution >= 4 is 0 Å². The van der Waals surface area contributed by atoms with E-state index >= 15 is 0 Å². The smallest absolute Gasteiger partial charge is 0.0900 e. The van der Waals surface area contributed by atoms with E-state index in [1.165, 1.54) is 19.3 Å². The fraction of sp³-hybridized carbons (Fsp3) is 1.00. The Morgan fingerprint density at radius 3 is 2.60 bits per heavy atom. The van der Waals surface area contributed by atoms with E-state index in [1.54, 1.807) is 0 Å². The maximum Gasteiger partial charge on any atom is 0.0900 e. The monoisotopic (exact) mass is 215 g/mol. The van der Waals surface area contributed by atoms with Crippen LogP contribution in [0.2, 0.25) is 0 Å². The van der Waals surface area contributed by atoms with Crippen molar-refractivity contribution in [1.82, 2.24) is 4.90 Å². The second kappa shape index (κ2) is 7.20. The van der Waals surface area contributed by atoms with Gasteiger partial charge in [-0.1, -0.05) is 13.3 Å². The number of aliphatic hydroxyl groups excluding tert-OH is 1. The Morgan fingerprint density at radius 1 is 1.40 bits per heavy atom. The Labute approximate surface area is 93.4 Å². The van der Waals surface area contributed by atoms with Crippen molar-refractivity contribution in [3.8, 4) is 0 Å². The molecule has 90 valence electrons. The van der Waals surface area contributed by atoms with Crippen molar-refractivity contribution in [2.45, 2.75) is 39.2 Å². The lowest BCUT2D eigenvalue weighted by Crippen LogP contribution is -2.39. The van der Waals surface area contributed by atoms with Gasteiger partial charge in [0.1, 0.15) is 0 Å². The van der Waals surface area contributed by atoms with Crippen molar-refractivity contribution in [3.63, 3.8) is 0 Å². The van der Waals surface area contributed by atoms with E-state index in [4.69, 9.17) is 4.74 Å². The maximum absolute atomic E-state index is 9.72. The summed E-state index contributed by atoms with van der Waals surface area (Å²) in [6.45, 7) is 8.21. The predicted octanol–water partition coefficient (Wildman–Crippen LogP) is 1.51. The Kier molecular flexibility index (Phi) is 6.22. The molecule has 0 aromatic heterocycles. The molecule has 0 bridgehead atoms. The minimum atomic E-state index is -0.329. The van der Waals surface area contributed by atoms with Crippen molar-refractivity contribution < 1.29 is 9.84 Å². The predicted molar refractivity (Wildman–Crippen MR) is 62.0 cm³/mol. The third kappa shape index (κ3) is 4.96. The third-order valence-electron chi connectivity index (χ3n) is 3.17. The average molecular weight is 215 g/mol. The van der Waals surface area contributed by atoms with Crippen molar-refractivity contribution in [1.29, 1.82) is 0 Å². The zero-order valence-corrected chi connectivity index (χ0v) is 10.1. The fourth-order valence-electron chi connectivity index (χ4n) is 1.98. The van der Waals surface area contributed by atoms with Crippen LogP contribution in [-0.2, 0) is 4.74 Å². The highest BCUT2D eigenvalue weighted by molar-refractivity contribution is 4.74. The molecule has 1 N–H and O–H groups in total. The molecule has 0 saturated heterocycles. The van der Waals surface area contributed by atoms with Crippen LogP contribution in [0.5, 0.6) is 0 Å². The van der Waals surface area contributed by atoms with Gasteiger partial charge in [0, 0.05) is 19.7 Å². The molecule has 3 heteroatoms. The number of hydrogen-bond donors (Lipinski definition) is 1. The van der Waals surface area contributed by atoms with E-state index < -0.39 is 0 Å². The number of likely N-dealkylation sites (N-methyl/N-ethyl adjacent to an activating group) is 1. The number of aliphatic hydroxyl groups is 1. The van der Waals surface area contributed by atoms with Crippen LogP contribution >= 0.6 is 0 Å². The van der Waals surface area contributed by atoms with Gasteiger partial charge in [-0.2, -0.15) is 0 Å². The summed E-state index contributed by atoms with van der Waals surface area (Å²) >= 11 is 0. The molecule has 0 spiro atoms. The zero-order chi connectivity index (χ0) is 11.1. The topological polar surface area (TPSA) is 32.7 Å². The van der Waals surface area contributed by atoms with Gasteiger partial charge < -0.3 is 14.7 Å². The van der Waals surface area contributed by atoms with E-state index in [1.807, 2.05) is 6.92 Å². The quantitative estimate of drug-likeness (QED) is 0.666. The second-order valence-electron chi connectivity index (χ2n) is 4.46. The first-order valence-corrected chi connectivity index (χ1v) is 6.24. The SMILES string of the molecule is CCOCC(O)CN(CC)CC1CCC1. The molecule has 1 aliphatic carbocycles. The maximum atomic E-state index is 9.72. The highest BCUT2D eigenvalue weighted by atomic mass is 16.5. The molecule has 0 aromatic carbocycles. The number of hydrogen-bond acceptors (Lipinski definition) is 3. The summed E-state index contributed by atoms with van der Waals surface area (Å²) in [4.78, 5) is 2.34. The molecular weight excluding hydrogens is 190 g/mol. The molecule has 0 heterocycles. The molecule has 1 rings (SSSR count). The van der Waals surface area contributed by atoms with Crippen LogP contribution in [0.3, 0.4) is 0 Å². The Bertz CT molecular complexity index is 160. The molecule has 1 unspecified atom stereocenters. The summed E-state index contributed by atoms with van der Waals surface area (Å²) in [5, 5.41) is 9.72. The second-order valence-corrected chi connectivity index (χ2v) is 4.46. The lowest BCUT2D eigenvalue weighted by atomic mass is 9.85. The van der Waals surface area contributed by atoms with E-state index in [0.717, 1.165) is 25.6 Å². The molecule has 0 radical (unpaired) electrons. The summed E-state index contributed by atoms with van der Waals surface area (Å²) in [6.07, 6.45) is 3.81. The molecule has 1 fully saturated rings. The van der Waals surface area contributed by atoms with Gasteiger partial charge in [-0.3, -0.25) is 0 Å². The lowest BCUT2D eigenvalue weighted by Gasteiger charge is -2.32. The molecule has 0 amide bonds. The molecule has 1 saturated carbocycles. The third-order valence-corrected chi connectivity index (χ3v) is 3.17. The van der Waals surface area contributed by atoms with Crippen molar-refractivity contribution in [3.05, 3.63) is 0 Å². The summed E-state index contributed by atoms with van der Waals surface area (Å²) in [7, 11) is 0. The minimum Gasteiger partial charge on any atom is -0.389 e. The van der Waals surface area contributed by atoms with Crippen LogP contribution in [0.1, 0.15) is 33.1 Å². The lowest BCUT2D eigenvalue weighted by molar-refractivity contribution is 0.0167. The van der Waals surface area contributed by atoms with Gasteiger partial charge in [-0.15, -0.1) is 0 Å². The normalized spacial score (nSPS) is 19.2. The Morgan fingerprint density at radius 2 is 2.13 bits per heavy atom. The van der Waals surface area contributed by atoms with Gasteiger partial charge in [-0.05, 0) is 32.2 Å². The van der Waals surface area contributed by atoms with Gasteiger partial charge in [0.15, 0.2) is 0 Å². The molecule has 15 heavy (non-hydrogen) atoms. The van der Waals surface area contributed by atoms with Gasteiger partial charge in [0.05, 0.1) is 12.7 Å². The fourth-order valence-corrected chi connectivity index (χ4v) is 1.98. The largest absolute Gasteiger partial charge is 0.389 e. The van der Waals surface area contributed by atoms with Crippen LogP contribution < -0.4 is 0 Å². The summed E-state index contributed by atoms with van der Waals surface area (Å²) in [6, 6.07) is 0. The first-order chi connectivity index (χ1) is 7.26. The highest BCUT2D eigenvalue weighted by Crippen LogP contribution is 2.26. The number of rotatable bonds is 8. The highest BCUT2D eigenvalue weighted by Gasteiger charge is 2.21. The number of nitrogens with zero attached hydrogens (tertiary/aromatic N) is 1. The molecule has 3 nitrogen and oxygen atoms in total. The van der Waals surface area contributed by atoms with E-state index in [2.05, 4.69) is 11.8 Å². The molecule has 0 aliphatic heterocycles. The average Bonchev–Trinajstić information content (AvgIpc) is 2.18. The molecular formula is C12H25NO2. The Hall–Kier alpha value is -0.120. The van der Waals surface area contributed by atoms with Crippen LogP contribution in [0.4, 0.5) is 0 Å². The molecule has 1 aliphatic rings. The van der Waals surface area contributed by atoms with Crippen LogP contribution in [-0.4, -0.2) is 49.0 Å².